The molecule has 0 spiro atoms. The van der Waals surface area contributed by atoms with Gasteiger partial charge in [-0.3, -0.25) is 9.59 Å². The van der Waals surface area contributed by atoms with Gasteiger partial charge in [-0.15, -0.1) is 0 Å². The third-order valence-electron chi connectivity index (χ3n) is 12.5. The van der Waals surface area contributed by atoms with Crippen LogP contribution in [0.2, 0.25) is 0 Å². The van der Waals surface area contributed by atoms with Crippen LogP contribution in [0, 0.1) is 0 Å². The Labute approximate surface area is 380 Å². The molecule has 0 heterocycles. The number of rotatable bonds is 50. The molecule has 61 heavy (non-hydrogen) atoms. The summed E-state index contributed by atoms with van der Waals surface area (Å²) in [4.78, 5) is 24.5. The van der Waals surface area contributed by atoms with Crippen molar-refractivity contribution >= 4 is 11.9 Å². The topological polar surface area (TPSA) is 95.9 Å². The Morgan fingerprint density at radius 1 is 0.443 bits per heavy atom. The van der Waals surface area contributed by atoms with Crippen molar-refractivity contribution in [2.75, 3.05) is 13.2 Å². The molecule has 0 aromatic rings. The van der Waals surface area contributed by atoms with Crippen molar-refractivity contribution in [1.29, 1.82) is 0 Å². The van der Waals surface area contributed by atoms with Crippen LogP contribution in [0.15, 0.2) is 24.3 Å². The Balaban J connectivity index is 3.49. The van der Waals surface area contributed by atoms with E-state index in [4.69, 9.17) is 4.74 Å². The predicted molar refractivity (Wildman–Crippen MR) is 264 cm³/mol. The van der Waals surface area contributed by atoms with Crippen LogP contribution >= 0.6 is 0 Å². The van der Waals surface area contributed by atoms with E-state index in [1.54, 1.807) is 6.08 Å². The van der Waals surface area contributed by atoms with Crippen molar-refractivity contribution in [3.8, 4) is 0 Å². The van der Waals surface area contributed by atoms with Gasteiger partial charge in [0.2, 0.25) is 5.91 Å². The fourth-order valence-corrected chi connectivity index (χ4v) is 8.27. The first-order chi connectivity index (χ1) is 30.0. The van der Waals surface area contributed by atoms with Gasteiger partial charge in [-0.2, -0.15) is 0 Å². The van der Waals surface area contributed by atoms with E-state index in [0.717, 1.165) is 70.6 Å². The molecule has 360 valence electrons. The van der Waals surface area contributed by atoms with Gasteiger partial charge in [0.25, 0.3) is 0 Å². The van der Waals surface area contributed by atoms with Gasteiger partial charge in [-0.25, -0.2) is 0 Å². The van der Waals surface area contributed by atoms with Crippen LogP contribution in [0.5, 0.6) is 0 Å². The van der Waals surface area contributed by atoms with E-state index in [1.165, 1.54) is 193 Å². The van der Waals surface area contributed by atoms with Crippen molar-refractivity contribution < 1.29 is 24.5 Å². The standard InChI is InChI=1S/C55H105NO5/c1-3-5-7-9-11-13-15-17-18-19-20-21-25-29-33-37-41-45-49-55(60)61-50-46-42-38-34-30-26-22-24-28-32-36-40-44-48-54(59)56-52(51-57)53(58)47-43-39-35-31-27-23-16-14-12-10-8-6-4-2/h24,28,43,47,52-53,57-58H,3-23,25-27,29-42,44-46,48-51H2,1-2H3,(H,56,59)/b28-24-,47-43+. The maximum absolute atomic E-state index is 12.4. The summed E-state index contributed by atoms with van der Waals surface area (Å²) >= 11 is 0. The summed E-state index contributed by atoms with van der Waals surface area (Å²) in [6.45, 7) is 4.86. The maximum Gasteiger partial charge on any atom is 0.305 e. The first-order valence-corrected chi connectivity index (χ1v) is 27.1. The highest BCUT2D eigenvalue weighted by Gasteiger charge is 2.18. The number of carbonyl (C=O) groups is 2. The molecule has 6 heteroatoms. The van der Waals surface area contributed by atoms with Crippen LogP contribution < -0.4 is 5.32 Å². The van der Waals surface area contributed by atoms with Gasteiger partial charge < -0.3 is 20.3 Å². The molecular formula is C55H105NO5. The van der Waals surface area contributed by atoms with E-state index < -0.39 is 12.1 Å². The highest BCUT2D eigenvalue weighted by atomic mass is 16.5. The fourth-order valence-electron chi connectivity index (χ4n) is 8.27. The van der Waals surface area contributed by atoms with Gasteiger partial charge in [0.05, 0.1) is 25.4 Å². The lowest BCUT2D eigenvalue weighted by molar-refractivity contribution is -0.143. The largest absolute Gasteiger partial charge is 0.466 e. The van der Waals surface area contributed by atoms with E-state index in [0.29, 0.717) is 19.4 Å². The van der Waals surface area contributed by atoms with Crippen molar-refractivity contribution in [3.63, 3.8) is 0 Å². The Hall–Kier alpha value is -1.66. The molecule has 0 rings (SSSR count). The number of nitrogens with one attached hydrogen (secondary N) is 1. The molecule has 0 aromatic heterocycles. The summed E-state index contributed by atoms with van der Waals surface area (Å²) in [5.74, 6) is -0.108. The monoisotopic (exact) mass is 860 g/mol. The zero-order chi connectivity index (χ0) is 44.4. The summed E-state index contributed by atoms with van der Waals surface area (Å²) in [6.07, 6.45) is 60.4. The average Bonchev–Trinajstić information content (AvgIpc) is 3.26. The summed E-state index contributed by atoms with van der Waals surface area (Å²) in [7, 11) is 0. The number of amides is 1. The molecule has 0 aromatic carbocycles. The third kappa shape index (κ3) is 47.7. The third-order valence-corrected chi connectivity index (χ3v) is 12.5. The van der Waals surface area contributed by atoms with E-state index in [2.05, 4.69) is 31.3 Å². The Morgan fingerprint density at radius 2 is 0.770 bits per heavy atom. The van der Waals surface area contributed by atoms with E-state index in [1.807, 2.05) is 6.08 Å². The molecule has 6 nitrogen and oxygen atoms in total. The van der Waals surface area contributed by atoms with Crippen molar-refractivity contribution in [3.05, 3.63) is 24.3 Å². The van der Waals surface area contributed by atoms with Crippen LogP contribution in [-0.2, 0) is 14.3 Å². The second-order valence-corrected chi connectivity index (χ2v) is 18.6. The van der Waals surface area contributed by atoms with Gasteiger partial charge in [0.15, 0.2) is 0 Å². The fraction of sp³-hybridized carbons (Fsp3) is 0.891. The lowest BCUT2D eigenvalue weighted by atomic mass is 10.0. The lowest BCUT2D eigenvalue weighted by Gasteiger charge is -2.19. The highest BCUT2D eigenvalue weighted by molar-refractivity contribution is 5.76. The van der Waals surface area contributed by atoms with Crippen LogP contribution in [0.25, 0.3) is 0 Å². The number of aliphatic hydroxyl groups excluding tert-OH is 2. The number of carbonyl (C=O) groups excluding carboxylic acids is 2. The molecule has 0 aliphatic rings. The van der Waals surface area contributed by atoms with Crippen LogP contribution in [-0.4, -0.2) is 47.4 Å². The first-order valence-electron chi connectivity index (χ1n) is 27.1. The summed E-state index contributed by atoms with van der Waals surface area (Å²) in [6, 6.07) is -0.647. The zero-order valence-corrected chi connectivity index (χ0v) is 40.9. The van der Waals surface area contributed by atoms with E-state index in [9.17, 15) is 19.8 Å². The van der Waals surface area contributed by atoms with Gasteiger partial charge in [-0.05, 0) is 57.8 Å². The number of esters is 1. The molecule has 0 fully saturated rings. The summed E-state index contributed by atoms with van der Waals surface area (Å²) in [5, 5.41) is 23.0. The molecule has 3 N–H and O–H groups in total. The molecular weight excluding hydrogens is 755 g/mol. The van der Waals surface area contributed by atoms with Crippen molar-refractivity contribution in [2.24, 2.45) is 0 Å². The van der Waals surface area contributed by atoms with Gasteiger partial charge in [0, 0.05) is 12.8 Å². The second kappa shape index (κ2) is 51.0. The van der Waals surface area contributed by atoms with Crippen molar-refractivity contribution in [2.45, 2.75) is 302 Å². The molecule has 0 aliphatic carbocycles. The molecule has 2 unspecified atom stereocenters. The number of ether oxygens (including phenoxy) is 1. The second-order valence-electron chi connectivity index (χ2n) is 18.6. The molecule has 2 atom stereocenters. The number of aliphatic hydroxyl groups is 2. The quantitative estimate of drug-likeness (QED) is 0.0322. The van der Waals surface area contributed by atoms with Crippen LogP contribution in [0.4, 0.5) is 0 Å². The Bertz CT molecular complexity index is 951. The van der Waals surface area contributed by atoms with Crippen molar-refractivity contribution in [1.82, 2.24) is 5.32 Å². The molecule has 0 aliphatic heterocycles. The van der Waals surface area contributed by atoms with Crippen LogP contribution in [0.3, 0.4) is 0 Å². The minimum absolute atomic E-state index is 0.00990. The normalized spacial score (nSPS) is 12.8. The Morgan fingerprint density at radius 3 is 1.18 bits per heavy atom. The van der Waals surface area contributed by atoms with E-state index in [-0.39, 0.29) is 18.5 Å². The van der Waals surface area contributed by atoms with Gasteiger partial charge in [0.1, 0.15) is 0 Å². The van der Waals surface area contributed by atoms with Gasteiger partial charge in [-0.1, -0.05) is 244 Å². The average molecular weight is 860 g/mol. The lowest BCUT2D eigenvalue weighted by Crippen LogP contribution is -2.45. The smallest absolute Gasteiger partial charge is 0.305 e. The minimum Gasteiger partial charge on any atom is -0.466 e. The highest BCUT2D eigenvalue weighted by Crippen LogP contribution is 2.16. The van der Waals surface area contributed by atoms with E-state index >= 15 is 0 Å². The molecule has 0 saturated carbocycles. The van der Waals surface area contributed by atoms with Gasteiger partial charge >= 0.3 is 5.97 Å². The molecule has 0 bridgehead atoms. The molecule has 0 radical (unpaired) electrons. The molecule has 0 saturated heterocycles. The SMILES string of the molecule is CCCCCCCCCCCCC/C=C/C(O)C(CO)NC(=O)CCCCC/C=C\CCCCCCCCOC(=O)CCCCCCCCCCCCCCCCCCCC. The number of hydrogen-bond donors (Lipinski definition) is 3. The molecule has 1 amide bonds. The number of unbranched alkanes of at least 4 members (excludes halogenated alkanes) is 37. The minimum atomic E-state index is -0.860. The number of allylic oxidation sites excluding steroid dienone is 3. The Kier molecular flexibility index (Phi) is 49.6. The zero-order valence-electron chi connectivity index (χ0n) is 40.9. The van der Waals surface area contributed by atoms with Crippen LogP contribution in [0.1, 0.15) is 290 Å². The summed E-state index contributed by atoms with van der Waals surface area (Å²) < 4.78 is 5.47. The first kappa shape index (κ1) is 59.3. The summed E-state index contributed by atoms with van der Waals surface area (Å²) in [5.41, 5.74) is 0. The predicted octanol–water partition coefficient (Wildman–Crippen LogP) is 16.3. The number of hydrogen-bond acceptors (Lipinski definition) is 5. The maximum atomic E-state index is 12.4.